The van der Waals surface area contributed by atoms with Crippen LogP contribution in [0, 0.1) is 50.2 Å². The summed E-state index contributed by atoms with van der Waals surface area (Å²) in [6.07, 6.45) is -29.1. The highest BCUT2D eigenvalue weighted by atomic mass is 16.8. The zero-order chi connectivity index (χ0) is 78.6. The molecule has 0 radical (unpaired) electrons. The van der Waals surface area contributed by atoms with Crippen LogP contribution in [0.25, 0.3) is 22.3 Å². The van der Waals surface area contributed by atoms with Crippen LogP contribution in [-0.2, 0) is 80.4 Å². The van der Waals surface area contributed by atoms with Gasteiger partial charge in [-0.1, -0.05) is 85.2 Å². The summed E-state index contributed by atoms with van der Waals surface area (Å²) in [5.74, 6) is -1.71. The lowest BCUT2D eigenvalue weighted by Crippen LogP contribution is -2.68. The van der Waals surface area contributed by atoms with Gasteiger partial charge in [0, 0.05) is 16.5 Å². The summed E-state index contributed by atoms with van der Waals surface area (Å²) in [5.41, 5.74) is -0.462. The zero-order valence-corrected chi connectivity index (χ0v) is 63.1. The first-order chi connectivity index (χ1) is 51.3. The van der Waals surface area contributed by atoms with Crippen molar-refractivity contribution in [2.75, 3.05) is 19.8 Å². The van der Waals surface area contributed by atoms with Crippen molar-refractivity contribution in [3.8, 4) is 11.4 Å². The molecule has 0 amide bonds. The van der Waals surface area contributed by atoms with Gasteiger partial charge in [0.2, 0.25) is 6.29 Å². The van der Waals surface area contributed by atoms with Gasteiger partial charge in [-0.2, -0.15) is 0 Å². The number of ether oxygens (including phenoxy) is 11. The standard InChI is InChI=1S/C58H94O25.C20H16N2O4/c1-23-44(80-47-40(69)34(63)27(60)21-74-47)38(67)42(71)48(76-23)79-33-13-14-55(7)30(54(33,5)6)12-15-56(8)31(55)11-10-25-26-18-53(3,4)16-17-58(26,32(62)19-57(25,56)9)52(73)83-51-46(35(64)28(61)22-75-51)82-49-43(72)39(68)45(24(2)77-49)81-50-41(70)37(66)36(65)29(20-59)78-50;1-2-20(25)14-8-16-17-12(7-11-5-3-4-6-15(11)21-17)9-22(16)18(23)13(14)10-26-19(20)24/h10,23-24,26-51,59-72H,11-22H2,1-9H3;3-8,25H,2,9-10H2,1H3. The molecular weight excluding hydrogens is 1430 g/mol. The average molecular weight is 1540 g/mol. The van der Waals surface area contributed by atoms with Crippen molar-refractivity contribution in [2.24, 2.45) is 50.2 Å². The van der Waals surface area contributed by atoms with Crippen LogP contribution in [0.1, 0.15) is 150 Å². The van der Waals surface area contributed by atoms with Gasteiger partial charge in [-0.15, -0.1) is 0 Å². The van der Waals surface area contributed by atoms with Crippen molar-refractivity contribution in [1.82, 2.24) is 9.55 Å². The van der Waals surface area contributed by atoms with Crippen LogP contribution >= 0.6 is 0 Å². The lowest BCUT2D eigenvalue weighted by molar-refractivity contribution is -0.374. The van der Waals surface area contributed by atoms with E-state index in [9.17, 15) is 86.2 Å². The number of esters is 2. The molecule has 33 unspecified atom stereocenters. The number of cyclic esters (lactones) is 1. The van der Waals surface area contributed by atoms with E-state index in [0.717, 1.165) is 47.0 Å². The minimum absolute atomic E-state index is 0.110. The summed E-state index contributed by atoms with van der Waals surface area (Å²) in [6.45, 7) is 19.2. The number of hydrogen-bond acceptors (Lipinski definition) is 30. The Hall–Kier alpha value is -4.70. The number of rotatable bonds is 12. The van der Waals surface area contributed by atoms with Crippen molar-refractivity contribution < 1.29 is 138 Å². The van der Waals surface area contributed by atoms with E-state index < -0.39 is 206 Å². The number of carbonyl (C=O) groups is 2. The Morgan fingerprint density at radius 2 is 1.25 bits per heavy atom. The monoisotopic (exact) mass is 1540 g/mol. The number of nitrogens with zero attached hydrogens (tertiary/aromatic N) is 2. The minimum atomic E-state index is -1.93. The number of fused-ring (bicyclic) bond motifs is 12. The number of para-hydroxylation sites is 1. The number of hydrogen-bond donors (Lipinski definition) is 15. The topological polar surface area (TPSA) is 474 Å². The molecule has 33 atom stereocenters. The molecular formula is C78H110N2O29. The van der Waals surface area contributed by atoms with E-state index in [4.69, 9.17) is 57.1 Å². The maximum atomic E-state index is 15.4. The van der Waals surface area contributed by atoms with E-state index >= 15 is 4.79 Å². The first kappa shape index (κ1) is 80.9. The number of aliphatic hydroxyl groups is 15. The maximum Gasteiger partial charge on any atom is 0.343 e. The maximum absolute atomic E-state index is 15.4. The van der Waals surface area contributed by atoms with Gasteiger partial charge in [-0.3, -0.25) is 9.59 Å². The van der Waals surface area contributed by atoms with Crippen molar-refractivity contribution in [3.63, 3.8) is 0 Å². The Morgan fingerprint density at radius 1 is 0.642 bits per heavy atom. The molecule has 4 saturated carbocycles. The Morgan fingerprint density at radius 3 is 1.92 bits per heavy atom. The first-order valence-corrected chi connectivity index (χ1v) is 38.5. The Kier molecular flexibility index (Phi) is 21.9. The quantitative estimate of drug-likeness (QED) is 0.0511. The van der Waals surface area contributed by atoms with Gasteiger partial charge < -0.3 is 133 Å². The molecule has 15 rings (SSSR count). The van der Waals surface area contributed by atoms with Gasteiger partial charge >= 0.3 is 11.9 Å². The van der Waals surface area contributed by atoms with Gasteiger partial charge in [0.05, 0.1) is 73.2 Å². The number of aliphatic hydroxyl groups excluding tert-OH is 14. The van der Waals surface area contributed by atoms with Gasteiger partial charge in [0.25, 0.3) is 5.56 Å². The van der Waals surface area contributed by atoms with E-state index in [1.54, 1.807) is 24.5 Å². The molecule has 606 valence electrons. The highest BCUT2D eigenvalue weighted by Crippen LogP contribution is 2.76. The molecule has 15 N–H and O–H groups in total. The van der Waals surface area contributed by atoms with Gasteiger partial charge in [-0.05, 0) is 141 Å². The molecule has 3 aromatic rings. The third kappa shape index (κ3) is 13.2. The summed E-state index contributed by atoms with van der Waals surface area (Å²) in [4.78, 5) is 45.3. The SMILES string of the molecule is CC1OC(OC2CCC3(C)C(CCC4(C)C3CC=C3C5CC(C)(C)CCC5(C(=O)OC5OCC(O)C(O)C5OC5OC(C)C(OC6OC(CO)C(O)C(O)C6O)C(O)C5O)C(O)CC34C)C2(C)C)C(O)C(O)C1OC1OCC(O)C(O)C1O.CCC1(O)C(=O)OCc2c1cc1n(c2=O)Cc2cc3ccccc3nc2-1. The number of aromatic nitrogens is 2. The fraction of sp³-hybridized carbons (Fsp3) is 0.769. The molecule has 5 aliphatic carbocycles. The van der Waals surface area contributed by atoms with Crippen molar-refractivity contribution in [2.45, 2.75) is 306 Å². The van der Waals surface area contributed by atoms with E-state index in [0.29, 0.717) is 49.0 Å². The summed E-state index contributed by atoms with van der Waals surface area (Å²) < 4.78 is 66.3. The summed E-state index contributed by atoms with van der Waals surface area (Å²) in [7, 11) is 0. The van der Waals surface area contributed by atoms with Crippen LogP contribution in [0.5, 0.6) is 0 Å². The molecule has 0 spiro atoms. The molecule has 0 bridgehead atoms. The molecule has 12 aliphatic rings. The zero-order valence-electron chi connectivity index (χ0n) is 63.1. The van der Waals surface area contributed by atoms with E-state index in [2.05, 4.69) is 54.5 Å². The molecule has 9 heterocycles. The summed E-state index contributed by atoms with van der Waals surface area (Å²) >= 11 is 0. The molecule has 109 heavy (non-hydrogen) atoms. The largest absolute Gasteiger partial charge is 0.458 e. The molecule has 31 heteroatoms. The highest BCUT2D eigenvalue weighted by Gasteiger charge is 2.72. The fourth-order valence-electron chi connectivity index (χ4n) is 21.4. The van der Waals surface area contributed by atoms with Crippen LogP contribution in [-0.4, -0.2) is 271 Å². The number of benzene rings is 1. The predicted octanol–water partition coefficient (Wildman–Crippen LogP) is 0.173. The second kappa shape index (κ2) is 29.5. The van der Waals surface area contributed by atoms with Crippen LogP contribution < -0.4 is 5.56 Å². The Bertz CT molecular complexity index is 3970. The Labute approximate surface area is 630 Å². The minimum Gasteiger partial charge on any atom is -0.458 e. The van der Waals surface area contributed by atoms with E-state index in [1.165, 1.54) is 6.92 Å². The second-order valence-electron chi connectivity index (χ2n) is 35.0. The molecule has 31 nitrogen and oxygen atoms in total. The van der Waals surface area contributed by atoms with E-state index in [-0.39, 0.29) is 66.1 Å². The average Bonchev–Trinajstić information content (AvgIpc) is 1.13. The third-order valence-corrected chi connectivity index (χ3v) is 28.1. The summed E-state index contributed by atoms with van der Waals surface area (Å²) in [5, 5.41) is 164. The molecule has 9 fully saturated rings. The number of allylic oxidation sites excluding steroid dienone is 2. The molecule has 1 aromatic carbocycles. The lowest BCUT2D eigenvalue weighted by atomic mass is 9.33. The van der Waals surface area contributed by atoms with E-state index in [1.807, 2.05) is 30.3 Å². The number of pyridine rings is 2. The highest BCUT2D eigenvalue weighted by molar-refractivity contribution is 5.86. The molecule has 7 aliphatic heterocycles. The predicted molar refractivity (Wildman–Crippen MR) is 377 cm³/mol. The van der Waals surface area contributed by atoms with Crippen LogP contribution in [0.2, 0.25) is 0 Å². The van der Waals surface area contributed by atoms with Crippen LogP contribution in [0.15, 0.2) is 52.8 Å². The van der Waals surface area contributed by atoms with Crippen molar-refractivity contribution in [3.05, 3.63) is 75.1 Å². The number of carbonyl (C=O) groups excluding carboxylic acids is 2. The van der Waals surface area contributed by atoms with Gasteiger partial charge in [0.15, 0.2) is 36.9 Å². The van der Waals surface area contributed by atoms with Gasteiger partial charge in [-0.25, -0.2) is 9.78 Å². The van der Waals surface area contributed by atoms with Crippen molar-refractivity contribution >= 4 is 22.8 Å². The normalized spacial score (nSPS) is 46.9. The fourth-order valence-corrected chi connectivity index (χ4v) is 21.4. The lowest BCUT2D eigenvalue weighted by Gasteiger charge is -2.71. The second-order valence-corrected chi connectivity index (χ2v) is 35.0. The van der Waals surface area contributed by atoms with Crippen LogP contribution in [0.4, 0.5) is 0 Å². The van der Waals surface area contributed by atoms with Crippen molar-refractivity contribution in [1.29, 1.82) is 0 Å². The molecule has 2 aromatic heterocycles. The Balaban J connectivity index is 0.000000317. The third-order valence-electron chi connectivity index (χ3n) is 28.1. The summed E-state index contributed by atoms with van der Waals surface area (Å²) in [6, 6.07) is 11.6. The molecule has 5 saturated heterocycles. The van der Waals surface area contributed by atoms with Gasteiger partial charge in [0.1, 0.15) is 104 Å². The first-order valence-electron chi connectivity index (χ1n) is 38.5. The van der Waals surface area contributed by atoms with Crippen LogP contribution in [0.3, 0.4) is 0 Å². The smallest absolute Gasteiger partial charge is 0.343 e.